The van der Waals surface area contributed by atoms with Gasteiger partial charge >= 0.3 is 0 Å². The van der Waals surface area contributed by atoms with Gasteiger partial charge in [-0.15, -0.1) is 0 Å². The summed E-state index contributed by atoms with van der Waals surface area (Å²) in [4.78, 5) is 9.66. The zero-order chi connectivity index (χ0) is 19.7. The molecule has 0 saturated carbocycles. The predicted molar refractivity (Wildman–Crippen MR) is 116 cm³/mol. The largest absolute Gasteiger partial charge is 0.310 e. The van der Waals surface area contributed by atoms with E-state index in [0.717, 1.165) is 27.6 Å². The van der Waals surface area contributed by atoms with Crippen LogP contribution in [0.25, 0.3) is 16.9 Å². The van der Waals surface area contributed by atoms with Gasteiger partial charge in [-0.05, 0) is 47.2 Å². The lowest BCUT2D eigenvalue weighted by Gasteiger charge is -2.19. The van der Waals surface area contributed by atoms with Gasteiger partial charge in [-0.25, -0.2) is 4.98 Å². The molecule has 28 heavy (non-hydrogen) atoms. The molecule has 7 heteroatoms. The molecule has 0 aliphatic carbocycles. The molecule has 142 valence electrons. The lowest BCUT2D eigenvalue weighted by atomic mass is 9.87. The second kappa shape index (κ2) is 7.45. The van der Waals surface area contributed by atoms with Crippen molar-refractivity contribution in [2.45, 2.75) is 31.1 Å². The number of nitrogens with one attached hydrogen (secondary N) is 1. The summed E-state index contributed by atoms with van der Waals surface area (Å²) in [5.74, 6) is 0.844. The fraction of sp³-hybridized carbons (Fsp3) is 0.190. The minimum Gasteiger partial charge on any atom is -0.310 e. The first kappa shape index (κ1) is 18.8. The molecule has 0 bridgehead atoms. The highest BCUT2D eigenvalue weighted by molar-refractivity contribution is 8.00. The molecule has 0 radical (unpaired) electrons. The average molecular weight is 410 g/mol. The molecule has 0 amide bonds. The molecule has 3 heterocycles. The molecule has 0 spiro atoms. The first-order valence-corrected chi connectivity index (χ1v) is 10.1. The maximum Gasteiger partial charge on any atom is 0.157 e. The van der Waals surface area contributed by atoms with Crippen LogP contribution in [0.15, 0.2) is 66.0 Å². The topological polar surface area (TPSA) is 55.1 Å². The van der Waals surface area contributed by atoms with Crippen molar-refractivity contribution >= 4 is 35.0 Å². The monoisotopic (exact) mass is 409 g/mol. The molecular weight excluding hydrogens is 390 g/mol. The normalized spacial score (nSPS) is 11.7. The Hall–Kier alpha value is -2.57. The standard InChI is InChI=1S/C21H20ClN5S/c1-21(2,3)15-4-6-17(7-5-15)28-26-19-8-9-24-20-11-18(25-27(19)20)14-10-16(22)13-23-12-14/h4-13,26H,1-3H3. The van der Waals surface area contributed by atoms with Gasteiger partial charge in [-0.3, -0.25) is 4.98 Å². The van der Waals surface area contributed by atoms with Crippen LogP contribution in [0.3, 0.4) is 0 Å². The van der Waals surface area contributed by atoms with Crippen molar-refractivity contribution in [3.63, 3.8) is 0 Å². The molecule has 0 aliphatic heterocycles. The first-order chi connectivity index (χ1) is 13.4. The Morgan fingerprint density at radius 2 is 1.82 bits per heavy atom. The van der Waals surface area contributed by atoms with Gasteiger partial charge in [-0.2, -0.15) is 9.61 Å². The van der Waals surface area contributed by atoms with Crippen molar-refractivity contribution in [1.82, 2.24) is 19.6 Å². The van der Waals surface area contributed by atoms with Gasteiger partial charge < -0.3 is 4.72 Å². The van der Waals surface area contributed by atoms with Crippen LogP contribution in [0.5, 0.6) is 0 Å². The van der Waals surface area contributed by atoms with Crippen molar-refractivity contribution in [2.24, 2.45) is 0 Å². The van der Waals surface area contributed by atoms with Crippen LogP contribution in [0, 0.1) is 0 Å². The van der Waals surface area contributed by atoms with Gasteiger partial charge in [0.2, 0.25) is 0 Å². The predicted octanol–water partition coefficient (Wildman–Crippen LogP) is 5.86. The molecule has 4 rings (SSSR count). The molecule has 0 unspecified atom stereocenters. The van der Waals surface area contributed by atoms with Gasteiger partial charge in [0.25, 0.3) is 0 Å². The number of nitrogens with zero attached hydrogens (tertiary/aromatic N) is 4. The summed E-state index contributed by atoms with van der Waals surface area (Å²) in [6.45, 7) is 6.64. The number of aromatic nitrogens is 4. The van der Waals surface area contributed by atoms with Crippen LogP contribution in [0.1, 0.15) is 26.3 Å². The van der Waals surface area contributed by atoms with E-state index in [2.05, 4.69) is 64.8 Å². The SMILES string of the molecule is CC(C)(C)c1ccc(SNc2ccnc3cc(-c4cncc(Cl)c4)nn23)cc1. The third kappa shape index (κ3) is 3.98. The highest BCUT2D eigenvalue weighted by Crippen LogP contribution is 2.27. The number of fused-ring (bicyclic) bond motifs is 1. The summed E-state index contributed by atoms with van der Waals surface area (Å²) < 4.78 is 5.16. The van der Waals surface area contributed by atoms with Crippen molar-refractivity contribution in [2.75, 3.05) is 4.72 Å². The maximum absolute atomic E-state index is 6.05. The van der Waals surface area contributed by atoms with E-state index in [9.17, 15) is 0 Å². The van der Waals surface area contributed by atoms with Crippen LogP contribution in [-0.4, -0.2) is 19.6 Å². The third-order valence-electron chi connectivity index (χ3n) is 4.35. The number of anilines is 1. The lowest BCUT2D eigenvalue weighted by Crippen LogP contribution is -2.10. The van der Waals surface area contributed by atoms with Crippen LogP contribution in [-0.2, 0) is 5.41 Å². The van der Waals surface area contributed by atoms with E-state index in [1.54, 1.807) is 35.1 Å². The van der Waals surface area contributed by atoms with Gasteiger partial charge in [0.15, 0.2) is 5.65 Å². The van der Waals surface area contributed by atoms with E-state index >= 15 is 0 Å². The molecule has 0 atom stereocenters. The van der Waals surface area contributed by atoms with E-state index < -0.39 is 0 Å². The van der Waals surface area contributed by atoms with E-state index in [1.807, 2.05) is 18.2 Å². The van der Waals surface area contributed by atoms with Crippen LogP contribution >= 0.6 is 23.5 Å². The Morgan fingerprint density at radius 3 is 2.54 bits per heavy atom. The Balaban J connectivity index is 1.57. The summed E-state index contributed by atoms with van der Waals surface area (Å²) in [5.41, 5.74) is 3.85. The molecule has 3 aromatic heterocycles. The minimum absolute atomic E-state index is 0.147. The number of hydrogen-bond acceptors (Lipinski definition) is 5. The maximum atomic E-state index is 6.05. The van der Waals surface area contributed by atoms with Crippen molar-refractivity contribution in [1.29, 1.82) is 0 Å². The number of benzene rings is 1. The van der Waals surface area contributed by atoms with Crippen LogP contribution in [0.4, 0.5) is 5.82 Å². The molecule has 1 N–H and O–H groups in total. The number of halogens is 1. The van der Waals surface area contributed by atoms with Crippen molar-refractivity contribution in [3.8, 4) is 11.3 Å². The summed E-state index contributed by atoms with van der Waals surface area (Å²) in [6, 6.07) is 14.3. The summed E-state index contributed by atoms with van der Waals surface area (Å²) in [5, 5.41) is 5.24. The first-order valence-electron chi connectivity index (χ1n) is 8.89. The number of pyridine rings is 1. The third-order valence-corrected chi connectivity index (χ3v) is 5.38. The van der Waals surface area contributed by atoms with Gasteiger partial charge in [0, 0.05) is 35.1 Å². The molecule has 0 aliphatic rings. The Bertz CT molecular complexity index is 1120. The smallest absolute Gasteiger partial charge is 0.157 e. The molecule has 0 fully saturated rings. The highest BCUT2D eigenvalue weighted by Gasteiger charge is 2.13. The highest BCUT2D eigenvalue weighted by atomic mass is 35.5. The van der Waals surface area contributed by atoms with E-state index in [1.165, 1.54) is 5.56 Å². The van der Waals surface area contributed by atoms with E-state index in [0.29, 0.717) is 5.02 Å². The van der Waals surface area contributed by atoms with Gasteiger partial charge in [-0.1, -0.05) is 44.5 Å². The number of hydrogen-bond donors (Lipinski definition) is 1. The Labute approximate surface area is 173 Å². The molecular formula is C21H20ClN5S. The van der Waals surface area contributed by atoms with Crippen molar-refractivity contribution < 1.29 is 0 Å². The van der Waals surface area contributed by atoms with E-state index in [4.69, 9.17) is 11.6 Å². The summed E-state index contributed by atoms with van der Waals surface area (Å²) in [7, 11) is 0. The zero-order valence-electron chi connectivity index (χ0n) is 15.8. The zero-order valence-corrected chi connectivity index (χ0v) is 17.4. The fourth-order valence-electron chi connectivity index (χ4n) is 2.80. The van der Waals surface area contributed by atoms with Gasteiger partial charge in [0.1, 0.15) is 5.82 Å². The second-order valence-electron chi connectivity index (χ2n) is 7.50. The van der Waals surface area contributed by atoms with E-state index in [-0.39, 0.29) is 5.41 Å². The lowest BCUT2D eigenvalue weighted by molar-refractivity contribution is 0.590. The molecule has 4 aromatic rings. The molecule has 5 nitrogen and oxygen atoms in total. The Morgan fingerprint density at radius 1 is 1.04 bits per heavy atom. The molecule has 0 saturated heterocycles. The van der Waals surface area contributed by atoms with Crippen molar-refractivity contribution in [3.05, 3.63) is 71.6 Å². The van der Waals surface area contributed by atoms with Crippen LogP contribution < -0.4 is 4.72 Å². The van der Waals surface area contributed by atoms with Crippen LogP contribution in [0.2, 0.25) is 5.02 Å². The Kier molecular flexibility index (Phi) is 5.00. The quantitative estimate of drug-likeness (QED) is 0.427. The summed E-state index contributed by atoms with van der Waals surface area (Å²) in [6.07, 6.45) is 5.11. The minimum atomic E-state index is 0.147. The molecule has 1 aromatic carbocycles. The van der Waals surface area contributed by atoms with Gasteiger partial charge in [0.05, 0.1) is 10.7 Å². The number of rotatable bonds is 4. The second-order valence-corrected chi connectivity index (χ2v) is 8.82. The summed E-state index contributed by atoms with van der Waals surface area (Å²) >= 11 is 7.60. The fourth-order valence-corrected chi connectivity index (χ4v) is 3.62. The average Bonchev–Trinajstić information content (AvgIpc) is 3.11.